The van der Waals surface area contributed by atoms with Crippen LogP contribution in [-0.2, 0) is 4.74 Å². The molecule has 0 radical (unpaired) electrons. The average Bonchev–Trinajstić information content (AvgIpc) is 2.37. The number of hydrogen-bond acceptors (Lipinski definition) is 3. The number of ether oxygens (including phenoxy) is 2. The molecule has 0 amide bonds. The fraction of sp³-hybridized carbons (Fsp3) is 0.625. The van der Waals surface area contributed by atoms with Gasteiger partial charge in [0.2, 0.25) is 0 Å². The van der Waals surface area contributed by atoms with Gasteiger partial charge in [-0.2, -0.15) is 0 Å². The number of nitrogens with one attached hydrogen (secondary N) is 1. The van der Waals surface area contributed by atoms with Gasteiger partial charge in [-0.15, -0.1) is 0 Å². The molecule has 1 aromatic carbocycles. The molecular weight excluding hydrogens is 238 g/mol. The lowest BCUT2D eigenvalue weighted by Crippen LogP contribution is -2.49. The molecule has 19 heavy (non-hydrogen) atoms. The molecule has 1 aliphatic rings. The van der Waals surface area contributed by atoms with E-state index in [-0.39, 0.29) is 11.7 Å². The Morgan fingerprint density at radius 3 is 2.84 bits per heavy atom. The molecule has 3 heteroatoms. The summed E-state index contributed by atoms with van der Waals surface area (Å²) in [6.07, 6.45) is 1.12. The quantitative estimate of drug-likeness (QED) is 0.905. The molecule has 0 aliphatic carbocycles. The van der Waals surface area contributed by atoms with E-state index >= 15 is 0 Å². The third-order valence-electron chi connectivity index (χ3n) is 3.58. The average molecular weight is 263 g/mol. The molecule has 2 rings (SSSR count). The third kappa shape index (κ3) is 3.48. The summed E-state index contributed by atoms with van der Waals surface area (Å²) in [5.41, 5.74) is 1.03. The molecule has 1 aliphatic heterocycles. The summed E-state index contributed by atoms with van der Waals surface area (Å²) in [6, 6.07) is 8.11. The molecular formula is C16H25NO2. The highest BCUT2D eigenvalue weighted by molar-refractivity contribution is 5.35. The Kier molecular flexibility index (Phi) is 4.48. The lowest BCUT2D eigenvalue weighted by molar-refractivity contribution is -0.117. The fourth-order valence-electron chi connectivity index (χ4n) is 2.98. The van der Waals surface area contributed by atoms with Crippen molar-refractivity contribution in [3.05, 3.63) is 29.8 Å². The van der Waals surface area contributed by atoms with Gasteiger partial charge in [-0.1, -0.05) is 32.0 Å². The number of hydrogen-bond donors (Lipinski definition) is 1. The molecule has 2 atom stereocenters. The summed E-state index contributed by atoms with van der Waals surface area (Å²) >= 11 is 0. The first-order valence-electron chi connectivity index (χ1n) is 7.05. The maximum atomic E-state index is 6.37. The van der Waals surface area contributed by atoms with Crippen molar-refractivity contribution in [2.45, 2.75) is 38.9 Å². The zero-order valence-corrected chi connectivity index (χ0v) is 12.4. The minimum atomic E-state index is -0.0993. The van der Waals surface area contributed by atoms with Crippen molar-refractivity contribution in [3.8, 4) is 5.75 Å². The van der Waals surface area contributed by atoms with Gasteiger partial charge in [0.05, 0.1) is 18.8 Å². The molecule has 0 saturated carbocycles. The van der Waals surface area contributed by atoms with Gasteiger partial charge in [0, 0.05) is 18.7 Å². The number of para-hydroxylation sites is 1. The Morgan fingerprint density at radius 2 is 2.16 bits per heavy atom. The van der Waals surface area contributed by atoms with Gasteiger partial charge in [-0.3, -0.25) is 0 Å². The molecule has 0 aromatic heterocycles. The summed E-state index contributed by atoms with van der Waals surface area (Å²) in [6.45, 7) is 8.43. The molecule has 1 N–H and O–H groups in total. The molecule has 0 bridgehead atoms. The predicted octanol–water partition coefficient (Wildman–Crippen LogP) is 3.16. The van der Waals surface area contributed by atoms with Crippen molar-refractivity contribution in [2.24, 2.45) is 5.92 Å². The van der Waals surface area contributed by atoms with Gasteiger partial charge in [-0.05, 0) is 25.3 Å². The van der Waals surface area contributed by atoms with Gasteiger partial charge in [0.25, 0.3) is 0 Å². The molecule has 1 heterocycles. The highest BCUT2D eigenvalue weighted by atomic mass is 16.5. The topological polar surface area (TPSA) is 30.5 Å². The van der Waals surface area contributed by atoms with Gasteiger partial charge in [-0.25, -0.2) is 0 Å². The summed E-state index contributed by atoms with van der Waals surface area (Å²) in [4.78, 5) is 0. The van der Waals surface area contributed by atoms with Gasteiger partial charge < -0.3 is 14.8 Å². The van der Waals surface area contributed by atoms with Crippen molar-refractivity contribution in [1.29, 1.82) is 0 Å². The van der Waals surface area contributed by atoms with Crippen molar-refractivity contribution in [3.63, 3.8) is 0 Å². The molecule has 3 nitrogen and oxygen atoms in total. The van der Waals surface area contributed by atoms with Crippen LogP contribution in [0, 0.1) is 5.92 Å². The number of rotatable bonds is 4. The standard InChI is InChI=1S/C16H25NO2/c1-12(2)9-16(3)11-17-10-15(19-16)13-7-5-6-8-14(13)18-4/h5-8,12,15,17H,9-11H2,1-4H3. The smallest absolute Gasteiger partial charge is 0.124 e. The van der Waals surface area contributed by atoms with E-state index in [2.05, 4.69) is 32.2 Å². The molecule has 1 fully saturated rings. The van der Waals surface area contributed by atoms with Crippen molar-refractivity contribution in [2.75, 3.05) is 20.2 Å². The van der Waals surface area contributed by atoms with Crippen LogP contribution in [-0.4, -0.2) is 25.8 Å². The van der Waals surface area contributed by atoms with Crippen molar-refractivity contribution in [1.82, 2.24) is 5.32 Å². The van der Waals surface area contributed by atoms with E-state index in [1.807, 2.05) is 18.2 Å². The fourth-order valence-corrected chi connectivity index (χ4v) is 2.98. The first-order chi connectivity index (χ1) is 9.04. The Labute approximate surface area is 116 Å². The lowest BCUT2D eigenvalue weighted by Gasteiger charge is -2.40. The number of morpholine rings is 1. The minimum absolute atomic E-state index is 0.0636. The Morgan fingerprint density at radius 1 is 1.42 bits per heavy atom. The second-order valence-corrected chi connectivity index (χ2v) is 6.03. The lowest BCUT2D eigenvalue weighted by atomic mass is 9.91. The van der Waals surface area contributed by atoms with E-state index in [0.29, 0.717) is 5.92 Å². The molecule has 0 spiro atoms. The third-order valence-corrected chi connectivity index (χ3v) is 3.58. The minimum Gasteiger partial charge on any atom is -0.496 e. The van der Waals surface area contributed by atoms with E-state index < -0.39 is 0 Å². The second-order valence-electron chi connectivity index (χ2n) is 6.03. The maximum absolute atomic E-state index is 6.37. The molecule has 2 unspecified atom stereocenters. The highest BCUT2D eigenvalue weighted by Crippen LogP contribution is 2.35. The second kappa shape index (κ2) is 5.93. The van der Waals surface area contributed by atoms with Crippen LogP contribution in [0.15, 0.2) is 24.3 Å². The molecule has 1 aromatic rings. The largest absolute Gasteiger partial charge is 0.496 e. The summed E-state index contributed by atoms with van der Waals surface area (Å²) < 4.78 is 11.8. The zero-order valence-electron chi connectivity index (χ0n) is 12.4. The summed E-state index contributed by atoms with van der Waals surface area (Å²) in [7, 11) is 1.71. The summed E-state index contributed by atoms with van der Waals surface area (Å²) in [5, 5.41) is 3.50. The normalized spacial score (nSPS) is 27.5. The van der Waals surface area contributed by atoms with Crippen LogP contribution in [0.2, 0.25) is 0 Å². The van der Waals surface area contributed by atoms with Crippen LogP contribution in [0.1, 0.15) is 38.9 Å². The summed E-state index contributed by atoms with van der Waals surface area (Å²) in [5.74, 6) is 1.53. The van der Waals surface area contributed by atoms with Crippen molar-refractivity contribution < 1.29 is 9.47 Å². The van der Waals surface area contributed by atoms with Crippen LogP contribution in [0.3, 0.4) is 0 Å². The van der Waals surface area contributed by atoms with Crippen LogP contribution in [0.5, 0.6) is 5.75 Å². The highest BCUT2D eigenvalue weighted by Gasteiger charge is 2.34. The van der Waals surface area contributed by atoms with Gasteiger partial charge >= 0.3 is 0 Å². The van der Waals surface area contributed by atoms with E-state index in [1.165, 1.54) is 0 Å². The van der Waals surface area contributed by atoms with Crippen LogP contribution in [0.25, 0.3) is 0 Å². The monoisotopic (exact) mass is 263 g/mol. The molecule has 106 valence electrons. The van der Waals surface area contributed by atoms with E-state index in [1.54, 1.807) is 7.11 Å². The SMILES string of the molecule is COc1ccccc1C1CNCC(C)(CC(C)C)O1. The Bertz CT molecular complexity index is 419. The van der Waals surface area contributed by atoms with Crippen LogP contribution >= 0.6 is 0 Å². The Balaban J connectivity index is 2.17. The first kappa shape index (κ1) is 14.4. The number of methoxy groups -OCH3 is 1. The molecule has 1 saturated heterocycles. The number of benzene rings is 1. The van der Waals surface area contributed by atoms with E-state index in [0.717, 1.165) is 30.8 Å². The zero-order chi connectivity index (χ0) is 13.9. The van der Waals surface area contributed by atoms with Crippen molar-refractivity contribution >= 4 is 0 Å². The Hall–Kier alpha value is -1.06. The maximum Gasteiger partial charge on any atom is 0.124 e. The predicted molar refractivity (Wildman–Crippen MR) is 77.5 cm³/mol. The van der Waals surface area contributed by atoms with Gasteiger partial charge in [0.1, 0.15) is 5.75 Å². The van der Waals surface area contributed by atoms with E-state index in [4.69, 9.17) is 9.47 Å². The van der Waals surface area contributed by atoms with Crippen LogP contribution in [0.4, 0.5) is 0 Å². The van der Waals surface area contributed by atoms with Gasteiger partial charge in [0.15, 0.2) is 0 Å². The van der Waals surface area contributed by atoms with E-state index in [9.17, 15) is 0 Å². The van der Waals surface area contributed by atoms with Crippen LogP contribution < -0.4 is 10.1 Å². The first-order valence-corrected chi connectivity index (χ1v) is 7.05.